The minimum Gasteiger partial charge on any atom is -0.342 e. The third-order valence-electron chi connectivity index (χ3n) is 3.96. The highest BCUT2D eigenvalue weighted by molar-refractivity contribution is 7.99. The number of carbonyl (C=O) groups is 1. The highest BCUT2D eigenvalue weighted by Gasteiger charge is 2.26. The molecule has 1 aliphatic heterocycles. The molecule has 0 fully saturated rings. The highest BCUT2D eigenvalue weighted by atomic mass is 32.2. The van der Waals surface area contributed by atoms with Gasteiger partial charge >= 0.3 is 0 Å². The van der Waals surface area contributed by atoms with E-state index in [0.29, 0.717) is 10.7 Å². The summed E-state index contributed by atoms with van der Waals surface area (Å²) in [4.78, 5) is 21.4. The molecule has 4 rings (SSSR count). The number of benzene rings is 1. The van der Waals surface area contributed by atoms with Crippen LogP contribution in [0.1, 0.15) is 34.3 Å². The second-order valence-electron chi connectivity index (χ2n) is 5.55. The summed E-state index contributed by atoms with van der Waals surface area (Å²) in [5.41, 5.74) is 1.64. The van der Waals surface area contributed by atoms with Crippen LogP contribution in [-0.2, 0) is 0 Å². The summed E-state index contributed by atoms with van der Waals surface area (Å²) < 4.78 is 15.4. The van der Waals surface area contributed by atoms with Crippen LogP contribution in [-0.4, -0.2) is 31.2 Å². The smallest absolute Gasteiger partial charge is 0.291 e. The molecule has 24 heavy (non-hydrogen) atoms. The van der Waals surface area contributed by atoms with Crippen molar-refractivity contribution in [2.75, 3.05) is 5.75 Å². The summed E-state index contributed by atoms with van der Waals surface area (Å²) >= 11 is 1.48. The molecule has 0 radical (unpaired) electrons. The first kappa shape index (κ1) is 15.1. The van der Waals surface area contributed by atoms with E-state index in [-0.39, 0.29) is 23.6 Å². The molecule has 1 atom stereocenters. The number of amides is 1. The largest absolute Gasteiger partial charge is 0.342 e. The molecule has 122 valence electrons. The number of aromatic nitrogens is 4. The number of fused-ring (bicyclic) bond motifs is 2. The fourth-order valence-electron chi connectivity index (χ4n) is 2.76. The zero-order valence-corrected chi connectivity index (χ0v) is 13.7. The zero-order chi connectivity index (χ0) is 16.7. The van der Waals surface area contributed by atoms with Crippen LogP contribution in [0.5, 0.6) is 0 Å². The van der Waals surface area contributed by atoms with Gasteiger partial charge in [0.15, 0.2) is 0 Å². The van der Waals surface area contributed by atoms with Crippen molar-refractivity contribution in [2.45, 2.75) is 24.3 Å². The molecule has 2 aromatic heterocycles. The molecule has 0 saturated heterocycles. The first-order valence-electron chi connectivity index (χ1n) is 7.54. The second-order valence-corrected chi connectivity index (χ2v) is 6.66. The van der Waals surface area contributed by atoms with Gasteiger partial charge < -0.3 is 5.32 Å². The number of nitrogens with one attached hydrogen (secondary N) is 1. The normalized spacial score (nSPS) is 16.8. The Balaban J connectivity index is 1.63. The minimum atomic E-state index is -0.382. The maximum Gasteiger partial charge on any atom is 0.291 e. The van der Waals surface area contributed by atoms with E-state index in [1.54, 1.807) is 18.3 Å². The van der Waals surface area contributed by atoms with Gasteiger partial charge in [0.1, 0.15) is 5.82 Å². The van der Waals surface area contributed by atoms with Crippen LogP contribution >= 0.6 is 11.8 Å². The number of nitrogens with zero attached hydrogens (tertiary/aromatic N) is 4. The quantitative estimate of drug-likeness (QED) is 0.774. The van der Waals surface area contributed by atoms with E-state index in [4.69, 9.17) is 0 Å². The lowest BCUT2D eigenvalue weighted by Crippen LogP contribution is -2.31. The maximum atomic E-state index is 13.9. The standard InChI is InChI=1S/C16H14FN5OS/c1-9-5-7-18-16-20-14(21-22(9)16)15(23)19-12-6-8-24-13-10(12)3-2-4-11(13)17/h2-5,7,12H,6,8H2,1H3,(H,19,23)/t12-/m1/s1. The monoisotopic (exact) mass is 343 g/mol. The van der Waals surface area contributed by atoms with Crippen LogP contribution in [0, 0.1) is 12.7 Å². The minimum absolute atomic E-state index is 0.0629. The number of aryl methyl sites for hydroxylation is 1. The number of hydrogen-bond acceptors (Lipinski definition) is 5. The first-order chi connectivity index (χ1) is 11.6. The van der Waals surface area contributed by atoms with Crippen molar-refractivity contribution in [3.05, 3.63) is 53.4 Å². The Kier molecular flexibility index (Phi) is 3.68. The Bertz CT molecular complexity index is 941. The van der Waals surface area contributed by atoms with Crippen molar-refractivity contribution in [1.29, 1.82) is 0 Å². The van der Waals surface area contributed by atoms with Crippen molar-refractivity contribution in [2.24, 2.45) is 0 Å². The van der Waals surface area contributed by atoms with Crippen LogP contribution in [0.4, 0.5) is 4.39 Å². The van der Waals surface area contributed by atoms with Gasteiger partial charge in [-0.15, -0.1) is 16.9 Å². The average Bonchev–Trinajstić information content (AvgIpc) is 3.02. The highest BCUT2D eigenvalue weighted by Crippen LogP contribution is 2.37. The summed E-state index contributed by atoms with van der Waals surface area (Å²) in [5.74, 6) is 0.561. The van der Waals surface area contributed by atoms with E-state index in [0.717, 1.165) is 23.4 Å². The van der Waals surface area contributed by atoms with Gasteiger partial charge in [-0.25, -0.2) is 13.9 Å². The van der Waals surface area contributed by atoms with Crippen molar-refractivity contribution in [3.8, 4) is 0 Å². The zero-order valence-electron chi connectivity index (χ0n) is 12.9. The van der Waals surface area contributed by atoms with E-state index in [9.17, 15) is 9.18 Å². The average molecular weight is 343 g/mol. The number of thioether (sulfide) groups is 1. The predicted octanol–water partition coefficient (Wildman–Crippen LogP) is 2.54. The van der Waals surface area contributed by atoms with Crippen LogP contribution in [0.15, 0.2) is 35.4 Å². The first-order valence-corrected chi connectivity index (χ1v) is 8.52. The van der Waals surface area contributed by atoms with Gasteiger partial charge in [-0.1, -0.05) is 12.1 Å². The number of rotatable bonds is 2. The third-order valence-corrected chi connectivity index (χ3v) is 5.12. The molecule has 3 heterocycles. The van der Waals surface area contributed by atoms with Crippen molar-refractivity contribution in [1.82, 2.24) is 24.9 Å². The van der Waals surface area contributed by atoms with Gasteiger partial charge in [-0.2, -0.15) is 4.98 Å². The Morgan fingerprint density at radius 1 is 1.42 bits per heavy atom. The maximum absolute atomic E-state index is 13.9. The number of halogens is 1. The molecule has 1 aliphatic rings. The van der Waals surface area contributed by atoms with Crippen LogP contribution in [0.25, 0.3) is 5.78 Å². The summed E-state index contributed by atoms with van der Waals surface area (Å²) in [6.07, 6.45) is 2.36. The molecule has 1 amide bonds. The van der Waals surface area contributed by atoms with Gasteiger partial charge in [-0.3, -0.25) is 4.79 Å². The lowest BCUT2D eigenvalue weighted by molar-refractivity contribution is 0.0924. The van der Waals surface area contributed by atoms with Crippen molar-refractivity contribution in [3.63, 3.8) is 0 Å². The summed E-state index contributed by atoms with van der Waals surface area (Å²) in [6, 6.07) is 6.49. The molecular formula is C16H14FN5OS. The van der Waals surface area contributed by atoms with Gasteiger partial charge in [0.25, 0.3) is 11.7 Å². The summed E-state index contributed by atoms with van der Waals surface area (Å²) in [7, 11) is 0. The Morgan fingerprint density at radius 3 is 3.12 bits per heavy atom. The topological polar surface area (TPSA) is 72.2 Å². The Morgan fingerprint density at radius 2 is 2.29 bits per heavy atom. The van der Waals surface area contributed by atoms with E-state index in [1.807, 2.05) is 13.0 Å². The SMILES string of the molecule is Cc1ccnc2nc(C(=O)N[C@@H]3CCSc4c(F)cccc43)nn12. The molecule has 0 unspecified atom stereocenters. The molecule has 6 nitrogen and oxygen atoms in total. The lowest BCUT2D eigenvalue weighted by atomic mass is 10.0. The van der Waals surface area contributed by atoms with E-state index < -0.39 is 0 Å². The van der Waals surface area contributed by atoms with Crippen LogP contribution in [0.3, 0.4) is 0 Å². The van der Waals surface area contributed by atoms with Crippen molar-refractivity contribution >= 4 is 23.4 Å². The predicted molar refractivity (Wildman–Crippen MR) is 87.5 cm³/mol. The summed E-state index contributed by atoms with van der Waals surface area (Å²) in [6.45, 7) is 1.86. The molecule has 0 bridgehead atoms. The fourth-order valence-corrected chi connectivity index (χ4v) is 3.90. The van der Waals surface area contributed by atoms with Crippen LogP contribution < -0.4 is 5.32 Å². The Labute approximate surface area is 141 Å². The molecule has 1 aromatic carbocycles. The molecule has 0 saturated carbocycles. The van der Waals surface area contributed by atoms with E-state index in [1.165, 1.54) is 22.3 Å². The van der Waals surface area contributed by atoms with Gasteiger partial charge in [0, 0.05) is 22.5 Å². The third kappa shape index (κ3) is 2.52. The van der Waals surface area contributed by atoms with E-state index >= 15 is 0 Å². The molecular weight excluding hydrogens is 329 g/mol. The molecule has 3 aromatic rings. The fraction of sp³-hybridized carbons (Fsp3) is 0.250. The summed E-state index contributed by atoms with van der Waals surface area (Å²) in [5, 5.41) is 7.12. The van der Waals surface area contributed by atoms with Gasteiger partial charge in [-0.05, 0) is 31.0 Å². The lowest BCUT2D eigenvalue weighted by Gasteiger charge is -2.25. The van der Waals surface area contributed by atoms with E-state index in [2.05, 4.69) is 20.4 Å². The molecule has 0 aliphatic carbocycles. The molecule has 8 heteroatoms. The number of hydrogen-bond donors (Lipinski definition) is 1. The Hall–Kier alpha value is -2.48. The van der Waals surface area contributed by atoms with Gasteiger partial charge in [0.2, 0.25) is 5.82 Å². The van der Waals surface area contributed by atoms with Crippen LogP contribution in [0.2, 0.25) is 0 Å². The molecule has 1 N–H and O–H groups in total. The molecule has 0 spiro atoms. The van der Waals surface area contributed by atoms with Crippen molar-refractivity contribution < 1.29 is 9.18 Å². The second kappa shape index (κ2) is 5.86. The van der Waals surface area contributed by atoms with Gasteiger partial charge in [0.05, 0.1) is 6.04 Å². The number of carbonyl (C=O) groups excluding carboxylic acids is 1.